The van der Waals surface area contributed by atoms with Crippen molar-refractivity contribution in [3.63, 3.8) is 0 Å². The van der Waals surface area contributed by atoms with Gasteiger partial charge in [-0.3, -0.25) is 4.79 Å². The Kier molecular flexibility index (Phi) is 5.18. The first kappa shape index (κ1) is 18.3. The van der Waals surface area contributed by atoms with Crippen LogP contribution in [0.15, 0.2) is 11.6 Å². The van der Waals surface area contributed by atoms with Crippen molar-refractivity contribution in [2.45, 2.75) is 32.8 Å². The summed E-state index contributed by atoms with van der Waals surface area (Å²) >= 11 is 0. The number of allylic oxidation sites excluding steroid dienone is 1. The number of aliphatic carboxylic acids is 1. The first-order valence-electron chi connectivity index (χ1n) is 8.50. The molecule has 2 heterocycles. The third-order valence-electron chi connectivity index (χ3n) is 5.02. The molecule has 0 saturated carbocycles. The minimum Gasteiger partial charge on any atom is -0.507 e. The van der Waals surface area contributed by atoms with E-state index in [-0.39, 0.29) is 30.3 Å². The number of aromatic hydroxyl groups is 1. The van der Waals surface area contributed by atoms with Crippen molar-refractivity contribution in [3.8, 4) is 11.5 Å². The normalized spacial score (nSPS) is 20.8. The molecule has 1 aromatic carbocycles. The Morgan fingerprint density at radius 1 is 1.42 bits per heavy atom. The van der Waals surface area contributed by atoms with Crippen molar-refractivity contribution in [3.05, 3.63) is 33.9 Å². The Bertz CT molecular complexity index is 779. The quantitative estimate of drug-likeness (QED) is 0.612. The van der Waals surface area contributed by atoms with Crippen molar-refractivity contribution in [1.82, 2.24) is 0 Å². The molecule has 1 saturated heterocycles. The lowest BCUT2D eigenvalue weighted by Gasteiger charge is -2.25. The summed E-state index contributed by atoms with van der Waals surface area (Å²) < 4.78 is 15.9. The Balaban J connectivity index is 1.96. The predicted octanol–water partition coefficient (Wildman–Crippen LogP) is 2.36. The molecule has 140 valence electrons. The fourth-order valence-corrected chi connectivity index (χ4v) is 3.66. The van der Waals surface area contributed by atoms with Gasteiger partial charge in [0.05, 0.1) is 26.7 Å². The van der Waals surface area contributed by atoms with E-state index in [1.54, 1.807) is 0 Å². The molecule has 1 fully saturated rings. The zero-order valence-electron chi connectivity index (χ0n) is 14.8. The number of hydrogen-bond acceptors (Lipinski definition) is 6. The summed E-state index contributed by atoms with van der Waals surface area (Å²) in [6.07, 6.45) is 2.90. The second-order valence-electron chi connectivity index (χ2n) is 6.52. The van der Waals surface area contributed by atoms with E-state index < -0.39 is 11.9 Å². The van der Waals surface area contributed by atoms with Crippen molar-refractivity contribution >= 4 is 11.9 Å². The number of phenolic OH excluding ortho intramolecular Hbond substituents is 1. The van der Waals surface area contributed by atoms with E-state index in [2.05, 4.69) is 0 Å². The Hall–Kier alpha value is -2.54. The number of esters is 1. The van der Waals surface area contributed by atoms with E-state index >= 15 is 0 Å². The second-order valence-corrected chi connectivity index (χ2v) is 6.52. The molecule has 7 heteroatoms. The Labute approximate surface area is 151 Å². The van der Waals surface area contributed by atoms with Gasteiger partial charge in [-0.25, -0.2) is 4.79 Å². The van der Waals surface area contributed by atoms with Crippen molar-refractivity contribution in [1.29, 1.82) is 0 Å². The molecule has 26 heavy (non-hydrogen) atoms. The topological polar surface area (TPSA) is 102 Å². The highest BCUT2D eigenvalue weighted by Gasteiger charge is 2.32. The molecule has 3 rings (SSSR count). The van der Waals surface area contributed by atoms with Crippen LogP contribution in [0.2, 0.25) is 0 Å². The fraction of sp³-hybridized carbons (Fsp3) is 0.474. The standard InChI is InChI=1S/C19H22O7/c1-10-14-9-26-19(23)16(14)17(22)13(18(10)24-2)4-3-11-5-6-25-8-12(11)7-15(20)21/h3,12,22H,4-9H2,1-2H3,(H,20,21)/b11-3+. The van der Waals surface area contributed by atoms with E-state index in [0.717, 1.165) is 11.1 Å². The molecule has 2 N–H and O–H groups in total. The highest BCUT2D eigenvalue weighted by Crippen LogP contribution is 2.42. The van der Waals surface area contributed by atoms with E-state index in [4.69, 9.17) is 19.3 Å². The van der Waals surface area contributed by atoms with E-state index in [0.29, 0.717) is 42.9 Å². The largest absolute Gasteiger partial charge is 0.507 e. The van der Waals surface area contributed by atoms with Crippen LogP contribution >= 0.6 is 0 Å². The summed E-state index contributed by atoms with van der Waals surface area (Å²) in [5.74, 6) is -1.19. The molecule has 1 unspecified atom stereocenters. The molecule has 0 amide bonds. The molecule has 2 aliphatic rings. The van der Waals surface area contributed by atoms with Gasteiger partial charge in [-0.05, 0) is 25.3 Å². The number of carbonyl (C=O) groups is 2. The van der Waals surface area contributed by atoms with Crippen LogP contribution < -0.4 is 4.74 Å². The number of hydrogen-bond donors (Lipinski definition) is 2. The van der Waals surface area contributed by atoms with Crippen molar-refractivity contribution in [2.75, 3.05) is 20.3 Å². The highest BCUT2D eigenvalue weighted by molar-refractivity contribution is 5.98. The molecule has 0 bridgehead atoms. The van der Waals surface area contributed by atoms with Crippen molar-refractivity contribution in [2.24, 2.45) is 5.92 Å². The van der Waals surface area contributed by atoms with E-state index in [9.17, 15) is 14.7 Å². The minimum atomic E-state index is -0.872. The van der Waals surface area contributed by atoms with E-state index in [1.165, 1.54) is 7.11 Å². The molecule has 0 aliphatic carbocycles. The van der Waals surface area contributed by atoms with Gasteiger partial charge in [-0.15, -0.1) is 0 Å². The second kappa shape index (κ2) is 7.37. The molecule has 0 aromatic heterocycles. The highest BCUT2D eigenvalue weighted by atomic mass is 16.5. The van der Waals surface area contributed by atoms with Crippen LogP contribution in [0.3, 0.4) is 0 Å². The monoisotopic (exact) mass is 362 g/mol. The maximum Gasteiger partial charge on any atom is 0.342 e. The third-order valence-corrected chi connectivity index (χ3v) is 5.02. The SMILES string of the molecule is COc1c(C)c2c(c(O)c1C/C=C1\CCOCC1CC(=O)O)C(=O)OC2. The summed E-state index contributed by atoms with van der Waals surface area (Å²) in [5, 5.41) is 19.7. The number of cyclic esters (lactones) is 1. The summed E-state index contributed by atoms with van der Waals surface area (Å²) in [6, 6.07) is 0. The number of benzene rings is 1. The average Bonchev–Trinajstić information content (AvgIpc) is 2.99. The predicted molar refractivity (Wildman–Crippen MR) is 91.5 cm³/mol. The smallest absolute Gasteiger partial charge is 0.342 e. The zero-order valence-corrected chi connectivity index (χ0v) is 14.8. The number of carboxylic acid groups (broad SMARTS) is 1. The average molecular weight is 362 g/mol. The number of carbonyl (C=O) groups excluding carboxylic acids is 1. The maximum absolute atomic E-state index is 11.9. The summed E-state index contributed by atoms with van der Waals surface area (Å²) in [7, 11) is 1.52. The number of ether oxygens (including phenoxy) is 3. The van der Waals surface area contributed by atoms with Crippen LogP contribution in [0, 0.1) is 12.8 Å². The summed E-state index contributed by atoms with van der Waals surface area (Å²) in [5.41, 5.74) is 3.12. The van der Waals surface area contributed by atoms with Gasteiger partial charge >= 0.3 is 11.9 Å². The van der Waals surface area contributed by atoms with Gasteiger partial charge in [0, 0.05) is 17.0 Å². The number of fused-ring (bicyclic) bond motifs is 1. The third kappa shape index (κ3) is 3.26. The fourth-order valence-electron chi connectivity index (χ4n) is 3.66. The Morgan fingerprint density at radius 3 is 2.88 bits per heavy atom. The lowest BCUT2D eigenvalue weighted by atomic mass is 9.89. The van der Waals surface area contributed by atoms with Gasteiger partial charge in [0.15, 0.2) is 0 Å². The minimum absolute atomic E-state index is 0.00446. The summed E-state index contributed by atoms with van der Waals surface area (Å²) in [4.78, 5) is 23.0. The number of carboxylic acids is 1. The van der Waals surface area contributed by atoms with Crippen LogP contribution in [0.5, 0.6) is 11.5 Å². The molecule has 1 atom stereocenters. The van der Waals surface area contributed by atoms with E-state index in [1.807, 2.05) is 13.0 Å². The first-order valence-corrected chi connectivity index (χ1v) is 8.50. The van der Waals surface area contributed by atoms with Gasteiger partial charge < -0.3 is 24.4 Å². The molecule has 7 nitrogen and oxygen atoms in total. The van der Waals surface area contributed by atoms with Crippen LogP contribution in [-0.4, -0.2) is 42.5 Å². The molecule has 0 spiro atoms. The first-order chi connectivity index (χ1) is 12.4. The van der Waals surface area contributed by atoms with Gasteiger partial charge in [0.25, 0.3) is 0 Å². The number of methoxy groups -OCH3 is 1. The lowest BCUT2D eigenvalue weighted by Crippen LogP contribution is -2.23. The van der Waals surface area contributed by atoms with Crippen LogP contribution in [0.1, 0.15) is 39.9 Å². The lowest BCUT2D eigenvalue weighted by molar-refractivity contribution is -0.138. The molecule has 0 radical (unpaired) electrons. The van der Waals surface area contributed by atoms with Crippen molar-refractivity contribution < 1.29 is 34.0 Å². The van der Waals surface area contributed by atoms with Crippen LogP contribution in [-0.2, 0) is 27.3 Å². The molecule has 1 aromatic rings. The van der Waals surface area contributed by atoms with Crippen LogP contribution in [0.25, 0.3) is 0 Å². The summed E-state index contributed by atoms with van der Waals surface area (Å²) in [6.45, 7) is 2.87. The molecule has 2 aliphatic heterocycles. The number of phenols is 1. The van der Waals surface area contributed by atoms with Gasteiger partial charge in [0.2, 0.25) is 0 Å². The van der Waals surface area contributed by atoms with Crippen LogP contribution in [0.4, 0.5) is 0 Å². The van der Waals surface area contributed by atoms with Gasteiger partial charge in [0.1, 0.15) is 23.7 Å². The van der Waals surface area contributed by atoms with Gasteiger partial charge in [-0.2, -0.15) is 0 Å². The van der Waals surface area contributed by atoms with Gasteiger partial charge in [-0.1, -0.05) is 11.6 Å². The zero-order chi connectivity index (χ0) is 18.8. The maximum atomic E-state index is 11.9. The molecular formula is C19H22O7. The molecular weight excluding hydrogens is 340 g/mol. The number of rotatable bonds is 5. The Morgan fingerprint density at radius 2 is 2.19 bits per heavy atom.